The van der Waals surface area contributed by atoms with Gasteiger partial charge in [-0.25, -0.2) is 0 Å². The van der Waals surface area contributed by atoms with Crippen LogP contribution in [0.3, 0.4) is 0 Å². The van der Waals surface area contributed by atoms with Crippen LogP contribution in [0.1, 0.15) is 154 Å². The number of rotatable bonds is 4. The van der Waals surface area contributed by atoms with Gasteiger partial charge in [0.1, 0.15) is 0 Å². The second-order valence-electron chi connectivity index (χ2n) is 19.4. The molecule has 4 heteroatoms. The van der Waals surface area contributed by atoms with Gasteiger partial charge in [-0.3, -0.25) is 0 Å². The molecule has 1 atom stereocenters. The van der Waals surface area contributed by atoms with E-state index >= 15 is 0 Å². The second kappa shape index (κ2) is 15.5. The Morgan fingerprint density at radius 1 is 0.596 bits per heavy atom. The van der Waals surface area contributed by atoms with Crippen molar-refractivity contribution in [3.05, 3.63) is 117 Å². The number of aryl methyl sites for hydroxylation is 2. The normalized spacial score (nSPS) is 17.1. The molecule has 4 aromatic carbocycles. The SMILES string of the molecule is CC(C)(C)c1cc(P(c2cc(C(C)(C)C)cc(C(C)(C)C)c2)c2cccc3c2[C@]2(CCc4cccc(N)c42)CC3)cc(C(C)(C)C)c1.CCCO.[IrH3]. The third kappa shape index (κ3) is 8.50. The number of nitrogens with two attached hydrogens (primary N) is 1. The van der Waals surface area contributed by atoms with Gasteiger partial charge in [0, 0.05) is 17.7 Å². The van der Waals surface area contributed by atoms with Gasteiger partial charge in [0.2, 0.25) is 0 Å². The summed E-state index contributed by atoms with van der Waals surface area (Å²) in [5, 5.41) is 12.3. The third-order valence-corrected chi connectivity index (χ3v) is 13.6. The number of nitrogen functional groups attached to an aromatic ring is 1. The number of benzene rings is 4. The van der Waals surface area contributed by atoms with Crippen LogP contribution in [-0.4, -0.2) is 11.7 Å². The monoisotopic (exact) mass is 899 g/mol. The van der Waals surface area contributed by atoms with E-state index in [4.69, 9.17) is 10.8 Å². The molecule has 6 rings (SSSR count). The predicted molar refractivity (Wildman–Crippen MR) is 230 cm³/mol. The van der Waals surface area contributed by atoms with E-state index in [2.05, 4.69) is 156 Å². The van der Waals surface area contributed by atoms with E-state index in [0.29, 0.717) is 6.61 Å². The Bertz CT molecular complexity index is 1730. The third-order valence-electron chi connectivity index (χ3n) is 11.2. The average molecular weight is 899 g/mol. The summed E-state index contributed by atoms with van der Waals surface area (Å²) >= 11 is 0. The number of aliphatic hydroxyl groups is 1. The van der Waals surface area contributed by atoms with Crippen LogP contribution in [0.15, 0.2) is 72.8 Å². The minimum atomic E-state index is -0.884. The van der Waals surface area contributed by atoms with Crippen molar-refractivity contribution in [2.75, 3.05) is 12.3 Å². The van der Waals surface area contributed by atoms with Crippen molar-refractivity contribution in [3.63, 3.8) is 0 Å². The molecule has 3 N–H and O–H groups in total. The Kier molecular flexibility index (Phi) is 12.6. The van der Waals surface area contributed by atoms with Crippen molar-refractivity contribution in [2.45, 2.75) is 149 Å². The molecule has 1 radical (unpaired) electrons. The van der Waals surface area contributed by atoms with Crippen LogP contribution in [0, 0.1) is 0 Å². The molecule has 0 heterocycles. The molecule has 2 nitrogen and oxygen atoms in total. The van der Waals surface area contributed by atoms with E-state index in [0.717, 1.165) is 37.8 Å². The van der Waals surface area contributed by atoms with Crippen molar-refractivity contribution < 1.29 is 25.2 Å². The molecule has 0 aromatic heterocycles. The van der Waals surface area contributed by atoms with E-state index < -0.39 is 7.92 Å². The van der Waals surface area contributed by atoms with Gasteiger partial charge in [-0.05, 0) is 128 Å². The summed E-state index contributed by atoms with van der Waals surface area (Å²) in [4.78, 5) is 0. The zero-order chi connectivity index (χ0) is 37.7. The van der Waals surface area contributed by atoms with E-state index in [1.54, 1.807) is 5.56 Å². The second-order valence-corrected chi connectivity index (χ2v) is 21.6. The first-order chi connectivity index (χ1) is 23.6. The van der Waals surface area contributed by atoms with Gasteiger partial charge in [-0.15, -0.1) is 0 Å². The Hall–Kier alpha value is -2.28. The van der Waals surface area contributed by atoms with Crippen molar-refractivity contribution >= 4 is 29.5 Å². The first-order valence-corrected chi connectivity index (χ1v) is 20.7. The Balaban J connectivity index is 0.00000115. The molecule has 0 fully saturated rings. The molecule has 2 aliphatic rings. The Labute approximate surface area is 331 Å². The van der Waals surface area contributed by atoms with Gasteiger partial charge in [-0.1, -0.05) is 157 Å². The van der Waals surface area contributed by atoms with E-state index in [1.165, 1.54) is 54.9 Å². The van der Waals surface area contributed by atoms with Gasteiger partial charge in [0.05, 0.1) is 0 Å². The van der Waals surface area contributed by atoms with Crippen LogP contribution in [0.4, 0.5) is 5.69 Å². The van der Waals surface area contributed by atoms with Crippen LogP contribution in [0.2, 0.25) is 0 Å². The van der Waals surface area contributed by atoms with Crippen LogP contribution in [0.5, 0.6) is 0 Å². The zero-order valence-electron chi connectivity index (χ0n) is 34.6. The molecular weight excluding hydrogens is 830 g/mol. The number of aliphatic hydroxyl groups excluding tert-OH is 1. The van der Waals surface area contributed by atoms with Crippen LogP contribution in [-0.2, 0) is 60.0 Å². The van der Waals surface area contributed by atoms with Crippen LogP contribution in [0.25, 0.3) is 0 Å². The van der Waals surface area contributed by atoms with Crippen molar-refractivity contribution in [2.24, 2.45) is 0 Å². The Morgan fingerprint density at radius 2 is 0.962 bits per heavy atom. The van der Waals surface area contributed by atoms with E-state index in [-0.39, 0.29) is 47.2 Å². The van der Waals surface area contributed by atoms with Gasteiger partial charge in [0.15, 0.2) is 0 Å². The summed E-state index contributed by atoms with van der Waals surface area (Å²) in [6.45, 7) is 30.7. The van der Waals surface area contributed by atoms with Crippen LogP contribution >= 0.6 is 7.92 Å². The van der Waals surface area contributed by atoms with Gasteiger partial charge in [-0.2, -0.15) is 0 Å². The summed E-state index contributed by atoms with van der Waals surface area (Å²) in [6.07, 6.45) is 5.39. The molecule has 286 valence electrons. The first-order valence-electron chi connectivity index (χ1n) is 19.3. The molecule has 0 bridgehead atoms. The number of hydrogen-bond donors (Lipinski definition) is 2. The Morgan fingerprint density at radius 3 is 1.33 bits per heavy atom. The average Bonchev–Trinajstić information content (AvgIpc) is 3.61. The summed E-state index contributed by atoms with van der Waals surface area (Å²) in [7, 11) is -0.884. The number of anilines is 1. The van der Waals surface area contributed by atoms with E-state index in [9.17, 15) is 0 Å². The summed E-state index contributed by atoms with van der Waals surface area (Å²) in [5.41, 5.74) is 19.7. The van der Waals surface area contributed by atoms with Crippen molar-refractivity contribution in [3.8, 4) is 0 Å². The van der Waals surface area contributed by atoms with Gasteiger partial charge in [0.25, 0.3) is 0 Å². The molecule has 4 aromatic rings. The molecule has 0 amide bonds. The topological polar surface area (TPSA) is 46.2 Å². The first kappa shape index (κ1) is 42.5. The zero-order valence-corrected chi connectivity index (χ0v) is 38.4. The fourth-order valence-corrected chi connectivity index (χ4v) is 10.8. The minimum absolute atomic E-state index is 0. The molecule has 0 aliphatic heterocycles. The number of fused-ring (bicyclic) bond motifs is 4. The molecule has 2 aliphatic carbocycles. The number of hydrogen-bond acceptors (Lipinski definition) is 2. The molecule has 0 saturated carbocycles. The molecule has 52 heavy (non-hydrogen) atoms. The fourth-order valence-electron chi connectivity index (χ4n) is 8.03. The van der Waals surface area contributed by atoms with Gasteiger partial charge < -0.3 is 10.8 Å². The standard InChI is InChI=1S/C45H58NP.C3H8O.Ir.3H/c1-41(2,3)31-23-32(42(4,5)6)26-35(25-31)47(36-27-33(43(7,8)9)24-34(28-36)44(10,11)12)38-18-14-16-30-20-22-45(40(30)38)21-19-29-15-13-17-37(46)39(29)45;1-2-3-4;;;;/h13-18,23-28H,19-22,46H2,1-12H3;4H,2-3H2,1H3;;;;/t45-;;;;;/m1...../s1. The molecule has 0 saturated heterocycles. The van der Waals surface area contributed by atoms with Crippen molar-refractivity contribution in [1.82, 2.24) is 0 Å². The summed E-state index contributed by atoms with van der Waals surface area (Å²) < 4.78 is 0. The molecule has 1 spiro atoms. The molecule has 0 unspecified atom stereocenters. The van der Waals surface area contributed by atoms with Crippen molar-refractivity contribution in [1.29, 1.82) is 0 Å². The molecular formula is C48H69IrNOP. The van der Waals surface area contributed by atoms with Crippen LogP contribution < -0.4 is 21.6 Å². The maximum absolute atomic E-state index is 7.88. The van der Waals surface area contributed by atoms with Gasteiger partial charge >= 0.3 is 20.1 Å². The maximum atomic E-state index is 7.88. The fraction of sp³-hybridized carbons (Fsp3) is 0.500. The predicted octanol–water partition coefficient (Wildman–Crippen LogP) is 9.98. The summed E-state index contributed by atoms with van der Waals surface area (Å²) in [6, 6.07) is 29.1. The summed E-state index contributed by atoms with van der Waals surface area (Å²) in [5.74, 6) is 0. The quantitative estimate of drug-likeness (QED) is 0.158. The van der Waals surface area contributed by atoms with E-state index in [1.807, 2.05) is 6.92 Å².